The standard InChI is InChI=1S/C23H42N4O5/c1-13(2)10-16(24)20(28)25-17(11-14(3)4)21(29)26-18(12-15(5)6)22(30)27-9-7-8-19(27)23(31)32/h13-19H,7-12,24H2,1-6H3,(H,25,28)(H,26,29)(H,31,32). The van der Waals surface area contributed by atoms with E-state index >= 15 is 0 Å². The molecule has 1 saturated heterocycles. The molecule has 0 bridgehead atoms. The highest BCUT2D eigenvalue weighted by molar-refractivity contribution is 5.94. The molecule has 0 saturated carbocycles. The van der Waals surface area contributed by atoms with Gasteiger partial charge in [0.2, 0.25) is 17.7 Å². The maximum absolute atomic E-state index is 13.2. The highest BCUT2D eigenvalue weighted by atomic mass is 16.4. The van der Waals surface area contributed by atoms with Gasteiger partial charge in [-0.15, -0.1) is 0 Å². The predicted octanol–water partition coefficient (Wildman–Crippen LogP) is 1.50. The molecule has 3 amide bonds. The van der Waals surface area contributed by atoms with Crippen molar-refractivity contribution in [3.63, 3.8) is 0 Å². The Morgan fingerprint density at radius 1 is 0.875 bits per heavy atom. The van der Waals surface area contributed by atoms with E-state index in [0.717, 1.165) is 0 Å². The summed E-state index contributed by atoms with van der Waals surface area (Å²) in [4.78, 5) is 51.7. The van der Waals surface area contributed by atoms with Crippen LogP contribution in [0, 0.1) is 17.8 Å². The highest BCUT2D eigenvalue weighted by Crippen LogP contribution is 2.20. The Kier molecular flexibility index (Phi) is 11.1. The Bertz CT molecular complexity index is 665. The molecule has 0 aromatic heterocycles. The monoisotopic (exact) mass is 454 g/mol. The number of amides is 3. The first kappa shape index (κ1) is 27.9. The van der Waals surface area contributed by atoms with Crippen molar-refractivity contribution in [2.24, 2.45) is 23.5 Å². The minimum Gasteiger partial charge on any atom is -0.480 e. The molecule has 32 heavy (non-hydrogen) atoms. The van der Waals surface area contributed by atoms with E-state index in [2.05, 4.69) is 10.6 Å². The number of nitrogens with one attached hydrogen (secondary N) is 2. The Hall–Kier alpha value is -2.16. The second-order valence-corrected chi connectivity index (χ2v) is 10.1. The fourth-order valence-electron chi connectivity index (χ4n) is 4.05. The molecular weight excluding hydrogens is 412 g/mol. The number of hydrogen-bond acceptors (Lipinski definition) is 5. The molecule has 0 radical (unpaired) electrons. The lowest BCUT2D eigenvalue weighted by Crippen LogP contribution is -2.57. The number of carbonyl (C=O) groups is 4. The van der Waals surface area contributed by atoms with Crippen molar-refractivity contribution < 1.29 is 24.3 Å². The number of aliphatic carboxylic acids is 1. The maximum Gasteiger partial charge on any atom is 0.326 e. The molecule has 1 aliphatic rings. The van der Waals surface area contributed by atoms with Gasteiger partial charge in [-0.3, -0.25) is 14.4 Å². The minimum absolute atomic E-state index is 0.104. The number of likely N-dealkylation sites (tertiary alicyclic amines) is 1. The third-order valence-electron chi connectivity index (χ3n) is 5.54. The highest BCUT2D eigenvalue weighted by Gasteiger charge is 2.38. The first-order valence-electron chi connectivity index (χ1n) is 11.7. The zero-order valence-corrected chi connectivity index (χ0v) is 20.4. The van der Waals surface area contributed by atoms with Crippen LogP contribution in [0.3, 0.4) is 0 Å². The van der Waals surface area contributed by atoms with Crippen LogP contribution in [0.1, 0.15) is 73.6 Å². The maximum atomic E-state index is 13.2. The van der Waals surface area contributed by atoms with Gasteiger partial charge in [-0.2, -0.15) is 0 Å². The van der Waals surface area contributed by atoms with Gasteiger partial charge in [-0.1, -0.05) is 41.5 Å². The van der Waals surface area contributed by atoms with Crippen molar-refractivity contribution in [3.05, 3.63) is 0 Å². The molecule has 5 N–H and O–H groups in total. The topological polar surface area (TPSA) is 142 Å². The summed E-state index contributed by atoms with van der Waals surface area (Å²) in [6.07, 6.45) is 2.30. The lowest BCUT2D eigenvalue weighted by atomic mass is 9.98. The molecule has 0 spiro atoms. The van der Waals surface area contributed by atoms with E-state index < -0.39 is 42.0 Å². The van der Waals surface area contributed by atoms with Crippen molar-refractivity contribution in [1.29, 1.82) is 0 Å². The van der Waals surface area contributed by atoms with Gasteiger partial charge in [-0.05, 0) is 49.9 Å². The number of nitrogens with zero attached hydrogens (tertiary/aromatic N) is 1. The van der Waals surface area contributed by atoms with Crippen LogP contribution in [-0.2, 0) is 19.2 Å². The molecule has 184 valence electrons. The third-order valence-corrected chi connectivity index (χ3v) is 5.54. The summed E-state index contributed by atoms with van der Waals surface area (Å²) in [5.74, 6) is -1.79. The van der Waals surface area contributed by atoms with Crippen molar-refractivity contribution in [2.75, 3.05) is 6.54 Å². The Morgan fingerprint density at radius 3 is 1.88 bits per heavy atom. The molecule has 1 rings (SSSR count). The molecule has 9 heteroatoms. The van der Waals surface area contributed by atoms with Gasteiger partial charge >= 0.3 is 5.97 Å². The van der Waals surface area contributed by atoms with Crippen LogP contribution in [0.15, 0.2) is 0 Å². The largest absolute Gasteiger partial charge is 0.480 e. The lowest BCUT2D eigenvalue weighted by molar-refractivity contribution is -0.149. The summed E-state index contributed by atoms with van der Waals surface area (Å²) < 4.78 is 0. The fraction of sp³-hybridized carbons (Fsp3) is 0.826. The van der Waals surface area contributed by atoms with E-state index in [9.17, 15) is 24.3 Å². The summed E-state index contributed by atoms with van der Waals surface area (Å²) in [7, 11) is 0. The van der Waals surface area contributed by atoms with Crippen molar-refractivity contribution in [1.82, 2.24) is 15.5 Å². The summed E-state index contributed by atoms with van der Waals surface area (Å²) >= 11 is 0. The van der Waals surface area contributed by atoms with Gasteiger partial charge in [0.15, 0.2) is 0 Å². The quantitative estimate of drug-likeness (QED) is 0.352. The van der Waals surface area contributed by atoms with Gasteiger partial charge in [-0.25, -0.2) is 4.79 Å². The molecule has 1 fully saturated rings. The van der Waals surface area contributed by atoms with Crippen LogP contribution in [0.2, 0.25) is 0 Å². The molecule has 1 aliphatic heterocycles. The SMILES string of the molecule is CC(C)CC(N)C(=O)NC(CC(C)C)C(=O)NC(CC(C)C)C(=O)N1CCCC1C(=O)O. The first-order valence-corrected chi connectivity index (χ1v) is 11.7. The third kappa shape index (κ3) is 8.76. The average molecular weight is 455 g/mol. The minimum atomic E-state index is -1.03. The Balaban J connectivity index is 2.98. The smallest absolute Gasteiger partial charge is 0.326 e. The van der Waals surface area contributed by atoms with Crippen LogP contribution < -0.4 is 16.4 Å². The number of carbonyl (C=O) groups excluding carboxylic acids is 3. The second kappa shape index (κ2) is 12.8. The zero-order valence-electron chi connectivity index (χ0n) is 20.4. The summed E-state index contributed by atoms with van der Waals surface area (Å²) in [6.45, 7) is 12.0. The summed E-state index contributed by atoms with van der Waals surface area (Å²) in [6, 6.07) is -3.25. The lowest BCUT2D eigenvalue weighted by Gasteiger charge is -2.30. The summed E-state index contributed by atoms with van der Waals surface area (Å²) in [5.41, 5.74) is 5.98. The molecule has 4 atom stereocenters. The van der Waals surface area contributed by atoms with Crippen LogP contribution in [0.25, 0.3) is 0 Å². The molecule has 0 aromatic rings. The molecule has 4 unspecified atom stereocenters. The Morgan fingerprint density at radius 2 is 1.38 bits per heavy atom. The molecule has 9 nitrogen and oxygen atoms in total. The second-order valence-electron chi connectivity index (χ2n) is 10.1. The zero-order chi connectivity index (χ0) is 24.6. The van der Waals surface area contributed by atoms with Gasteiger partial charge < -0.3 is 26.4 Å². The van der Waals surface area contributed by atoms with Gasteiger partial charge in [0, 0.05) is 6.54 Å². The normalized spacial score (nSPS) is 19.2. The van der Waals surface area contributed by atoms with E-state index in [1.165, 1.54) is 4.90 Å². The average Bonchev–Trinajstić information content (AvgIpc) is 3.15. The van der Waals surface area contributed by atoms with Crippen LogP contribution >= 0.6 is 0 Å². The fourth-order valence-corrected chi connectivity index (χ4v) is 4.05. The number of nitrogens with two attached hydrogens (primary N) is 1. The number of carboxylic acid groups (broad SMARTS) is 1. The van der Waals surface area contributed by atoms with E-state index in [4.69, 9.17) is 5.73 Å². The first-order chi connectivity index (χ1) is 14.8. The van der Waals surface area contributed by atoms with Gasteiger partial charge in [0.25, 0.3) is 0 Å². The van der Waals surface area contributed by atoms with Crippen LogP contribution in [0.5, 0.6) is 0 Å². The Labute approximate surface area is 191 Å². The van der Waals surface area contributed by atoms with Gasteiger partial charge in [0.05, 0.1) is 6.04 Å². The number of hydrogen-bond donors (Lipinski definition) is 4. The summed E-state index contributed by atoms with van der Waals surface area (Å²) in [5, 5.41) is 15.0. The van der Waals surface area contributed by atoms with Crippen LogP contribution in [0.4, 0.5) is 0 Å². The predicted molar refractivity (Wildman–Crippen MR) is 123 cm³/mol. The molecular formula is C23H42N4O5. The van der Waals surface area contributed by atoms with E-state index in [1.807, 2.05) is 41.5 Å². The molecule has 0 aromatic carbocycles. The van der Waals surface area contributed by atoms with Crippen molar-refractivity contribution in [3.8, 4) is 0 Å². The van der Waals surface area contributed by atoms with Gasteiger partial charge in [0.1, 0.15) is 18.1 Å². The number of rotatable bonds is 12. The molecule has 0 aliphatic carbocycles. The molecule has 1 heterocycles. The van der Waals surface area contributed by atoms with E-state index in [-0.39, 0.29) is 23.7 Å². The van der Waals surface area contributed by atoms with E-state index in [1.54, 1.807) is 0 Å². The van der Waals surface area contributed by atoms with E-state index in [0.29, 0.717) is 38.6 Å². The van der Waals surface area contributed by atoms with Crippen LogP contribution in [-0.4, -0.2) is 64.4 Å². The van der Waals surface area contributed by atoms with Crippen molar-refractivity contribution in [2.45, 2.75) is 97.8 Å². The van der Waals surface area contributed by atoms with Crippen molar-refractivity contribution >= 4 is 23.7 Å². The number of carboxylic acids is 1.